The number of aliphatic hydroxyl groups excluding tert-OH is 1. The van der Waals surface area contributed by atoms with Gasteiger partial charge in [-0.25, -0.2) is 0 Å². The minimum atomic E-state index is -0.295. The molecule has 1 aromatic carbocycles. The fourth-order valence-electron chi connectivity index (χ4n) is 1.51. The first kappa shape index (κ1) is 16.7. The van der Waals surface area contributed by atoms with Crippen LogP contribution in [-0.4, -0.2) is 36.6 Å². The van der Waals surface area contributed by atoms with Gasteiger partial charge in [0.2, 0.25) is 5.91 Å². The predicted molar refractivity (Wildman–Crippen MR) is 80.7 cm³/mol. The Morgan fingerprint density at radius 2 is 1.90 bits per heavy atom. The van der Waals surface area contributed by atoms with Gasteiger partial charge in [-0.3, -0.25) is 9.59 Å². The van der Waals surface area contributed by atoms with Crippen molar-refractivity contribution in [3.63, 3.8) is 0 Å². The molecule has 0 aliphatic heterocycles. The Bertz CT molecular complexity index is 527. The molecule has 3 N–H and O–H groups in total. The molecule has 0 aromatic heterocycles. The number of amides is 2. The van der Waals surface area contributed by atoms with Crippen molar-refractivity contribution in [3.8, 4) is 11.8 Å². The van der Waals surface area contributed by atoms with Gasteiger partial charge >= 0.3 is 0 Å². The molecular formula is C16H20N2O3. The second kappa shape index (κ2) is 9.56. The van der Waals surface area contributed by atoms with Crippen molar-refractivity contribution in [2.75, 3.05) is 19.7 Å². The molecule has 0 atom stereocenters. The molecule has 0 fully saturated rings. The molecule has 0 unspecified atom stereocenters. The average molecular weight is 288 g/mol. The lowest BCUT2D eigenvalue weighted by Gasteiger charge is -2.06. The average Bonchev–Trinajstić information content (AvgIpc) is 2.51. The van der Waals surface area contributed by atoms with Crippen LogP contribution in [0.3, 0.4) is 0 Å². The van der Waals surface area contributed by atoms with Crippen LogP contribution in [0.15, 0.2) is 24.3 Å². The number of aliphatic hydroxyl groups is 1. The van der Waals surface area contributed by atoms with E-state index in [0.717, 1.165) is 12.0 Å². The van der Waals surface area contributed by atoms with E-state index in [0.29, 0.717) is 18.5 Å². The Labute approximate surface area is 124 Å². The van der Waals surface area contributed by atoms with E-state index in [2.05, 4.69) is 22.5 Å². The highest BCUT2D eigenvalue weighted by molar-refractivity contribution is 5.96. The van der Waals surface area contributed by atoms with Gasteiger partial charge in [-0.15, -0.1) is 0 Å². The van der Waals surface area contributed by atoms with Gasteiger partial charge in [0.15, 0.2) is 0 Å². The first-order valence-corrected chi connectivity index (χ1v) is 6.92. The van der Waals surface area contributed by atoms with E-state index in [1.54, 1.807) is 24.3 Å². The molecule has 0 aliphatic carbocycles. The SMILES string of the molecule is CCCNC(=O)CNC(=O)c1ccc(C#CCCO)cc1. The van der Waals surface area contributed by atoms with Gasteiger partial charge in [0.25, 0.3) is 5.91 Å². The van der Waals surface area contributed by atoms with Crippen molar-refractivity contribution in [1.29, 1.82) is 0 Å². The number of benzene rings is 1. The van der Waals surface area contributed by atoms with Crippen LogP contribution in [0.5, 0.6) is 0 Å². The van der Waals surface area contributed by atoms with Crippen LogP contribution in [0.25, 0.3) is 0 Å². The number of carbonyl (C=O) groups excluding carboxylic acids is 2. The smallest absolute Gasteiger partial charge is 0.251 e. The van der Waals surface area contributed by atoms with E-state index < -0.39 is 0 Å². The number of hydrogen-bond acceptors (Lipinski definition) is 3. The molecule has 5 heteroatoms. The summed E-state index contributed by atoms with van der Waals surface area (Å²) in [7, 11) is 0. The number of hydrogen-bond donors (Lipinski definition) is 3. The zero-order valence-corrected chi connectivity index (χ0v) is 12.1. The fourth-order valence-corrected chi connectivity index (χ4v) is 1.51. The van der Waals surface area contributed by atoms with Crippen LogP contribution >= 0.6 is 0 Å². The minimum absolute atomic E-state index is 0.0309. The molecule has 0 spiro atoms. The third-order valence-corrected chi connectivity index (χ3v) is 2.60. The summed E-state index contributed by atoms with van der Waals surface area (Å²) in [6.07, 6.45) is 1.29. The van der Waals surface area contributed by atoms with Crippen LogP contribution in [0.2, 0.25) is 0 Å². The Morgan fingerprint density at radius 3 is 2.52 bits per heavy atom. The largest absolute Gasteiger partial charge is 0.395 e. The predicted octanol–water partition coefficient (Wildman–Crippen LogP) is 0.676. The molecule has 0 radical (unpaired) electrons. The molecule has 1 aromatic rings. The number of nitrogens with one attached hydrogen (secondary N) is 2. The lowest BCUT2D eigenvalue weighted by molar-refractivity contribution is -0.120. The van der Waals surface area contributed by atoms with Crippen LogP contribution in [0.4, 0.5) is 0 Å². The molecule has 2 amide bonds. The summed E-state index contributed by atoms with van der Waals surface area (Å²) in [5, 5.41) is 13.9. The van der Waals surface area contributed by atoms with Crippen LogP contribution in [-0.2, 0) is 4.79 Å². The fraction of sp³-hybridized carbons (Fsp3) is 0.375. The van der Waals surface area contributed by atoms with Gasteiger partial charge in [-0.05, 0) is 30.7 Å². The van der Waals surface area contributed by atoms with E-state index >= 15 is 0 Å². The maximum absolute atomic E-state index is 11.8. The normalized spacial score (nSPS) is 9.43. The quantitative estimate of drug-likeness (QED) is 0.673. The van der Waals surface area contributed by atoms with Gasteiger partial charge in [-0.2, -0.15) is 0 Å². The third-order valence-electron chi connectivity index (χ3n) is 2.60. The topological polar surface area (TPSA) is 78.4 Å². The summed E-state index contributed by atoms with van der Waals surface area (Å²) in [5.41, 5.74) is 1.26. The van der Waals surface area contributed by atoms with E-state index in [9.17, 15) is 9.59 Å². The first-order valence-electron chi connectivity index (χ1n) is 6.92. The summed E-state index contributed by atoms with van der Waals surface area (Å²) in [6.45, 7) is 2.57. The molecule has 21 heavy (non-hydrogen) atoms. The molecular weight excluding hydrogens is 268 g/mol. The Morgan fingerprint density at radius 1 is 1.19 bits per heavy atom. The van der Waals surface area contributed by atoms with Crippen molar-refractivity contribution in [3.05, 3.63) is 35.4 Å². The molecule has 0 bridgehead atoms. The molecule has 0 heterocycles. The van der Waals surface area contributed by atoms with E-state index in [4.69, 9.17) is 5.11 Å². The number of carbonyl (C=O) groups is 2. The van der Waals surface area contributed by atoms with Crippen molar-refractivity contribution in [2.24, 2.45) is 0 Å². The van der Waals surface area contributed by atoms with E-state index in [-0.39, 0.29) is 25.0 Å². The molecule has 0 aliphatic rings. The standard InChI is InChI=1S/C16H20N2O3/c1-2-10-17-15(20)12-18-16(21)14-8-6-13(7-9-14)5-3-4-11-19/h6-9,19H,2,4,10-12H2,1H3,(H,17,20)(H,18,21). The Hall–Kier alpha value is -2.32. The van der Waals surface area contributed by atoms with Gasteiger partial charge in [0, 0.05) is 24.1 Å². The molecule has 112 valence electrons. The molecule has 0 saturated carbocycles. The summed E-state index contributed by atoms with van der Waals surface area (Å²) >= 11 is 0. The van der Waals surface area contributed by atoms with Gasteiger partial charge in [-0.1, -0.05) is 18.8 Å². The van der Waals surface area contributed by atoms with Crippen LogP contribution in [0, 0.1) is 11.8 Å². The minimum Gasteiger partial charge on any atom is -0.395 e. The van der Waals surface area contributed by atoms with Crippen molar-refractivity contribution in [2.45, 2.75) is 19.8 Å². The summed E-state index contributed by atoms with van der Waals surface area (Å²) in [4.78, 5) is 23.2. The van der Waals surface area contributed by atoms with E-state index in [1.165, 1.54) is 0 Å². The lowest BCUT2D eigenvalue weighted by Crippen LogP contribution is -2.37. The third kappa shape index (κ3) is 6.59. The maximum atomic E-state index is 11.8. The van der Waals surface area contributed by atoms with Crippen LogP contribution in [0.1, 0.15) is 35.7 Å². The van der Waals surface area contributed by atoms with Crippen molar-refractivity contribution < 1.29 is 14.7 Å². The van der Waals surface area contributed by atoms with Gasteiger partial charge in [0.1, 0.15) is 0 Å². The molecule has 5 nitrogen and oxygen atoms in total. The van der Waals surface area contributed by atoms with Crippen molar-refractivity contribution in [1.82, 2.24) is 10.6 Å². The summed E-state index contributed by atoms with van der Waals surface area (Å²) in [6, 6.07) is 6.78. The first-order chi connectivity index (χ1) is 10.2. The zero-order chi connectivity index (χ0) is 15.5. The highest BCUT2D eigenvalue weighted by Crippen LogP contribution is 2.03. The van der Waals surface area contributed by atoms with E-state index in [1.807, 2.05) is 6.92 Å². The van der Waals surface area contributed by atoms with Gasteiger partial charge in [0.05, 0.1) is 13.2 Å². The number of rotatable bonds is 6. The second-order valence-corrected chi connectivity index (χ2v) is 4.39. The lowest BCUT2D eigenvalue weighted by atomic mass is 10.1. The molecule has 0 saturated heterocycles. The summed E-state index contributed by atoms with van der Waals surface area (Å²) < 4.78 is 0. The second-order valence-electron chi connectivity index (χ2n) is 4.39. The highest BCUT2D eigenvalue weighted by Gasteiger charge is 2.07. The van der Waals surface area contributed by atoms with Crippen LogP contribution < -0.4 is 10.6 Å². The Kier molecular flexibility index (Phi) is 7.62. The highest BCUT2D eigenvalue weighted by atomic mass is 16.2. The summed E-state index contributed by atoms with van der Waals surface area (Å²) in [5.74, 6) is 5.19. The Balaban J connectivity index is 2.48. The van der Waals surface area contributed by atoms with Crippen molar-refractivity contribution >= 4 is 11.8 Å². The molecule has 1 rings (SSSR count). The van der Waals surface area contributed by atoms with Gasteiger partial charge < -0.3 is 15.7 Å². The maximum Gasteiger partial charge on any atom is 0.251 e. The zero-order valence-electron chi connectivity index (χ0n) is 12.1. The monoisotopic (exact) mass is 288 g/mol.